The summed E-state index contributed by atoms with van der Waals surface area (Å²) in [5.41, 5.74) is 2.89. The van der Waals surface area contributed by atoms with Gasteiger partial charge in [-0.1, -0.05) is 30.3 Å². The SMILES string of the molecule is [c]1ccc(C2=CCCC2)cc1. The van der Waals surface area contributed by atoms with Crippen molar-refractivity contribution in [2.45, 2.75) is 19.3 Å². The number of hydrogen-bond donors (Lipinski definition) is 0. The lowest BCUT2D eigenvalue weighted by Crippen LogP contribution is -1.77. The van der Waals surface area contributed by atoms with Gasteiger partial charge < -0.3 is 0 Å². The van der Waals surface area contributed by atoms with E-state index in [1.54, 1.807) is 0 Å². The van der Waals surface area contributed by atoms with Gasteiger partial charge in [0.1, 0.15) is 0 Å². The molecule has 0 saturated heterocycles. The second-order valence-corrected chi connectivity index (χ2v) is 2.91. The smallest absolute Gasteiger partial charge is 0.0184 e. The standard InChI is InChI=1S/C11H11/c1-2-6-10(7-3-1)11-8-4-5-9-11/h2-3,6-8H,4-5,9H2. The Bertz CT molecular complexity index is 257. The highest BCUT2D eigenvalue weighted by molar-refractivity contribution is 5.66. The van der Waals surface area contributed by atoms with Gasteiger partial charge in [-0.3, -0.25) is 0 Å². The van der Waals surface area contributed by atoms with Gasteiger partial charge in [-0.25, -0.2) is 0 Å². The average molecular weight is 143 g/mol. The van der Waals surface area contributed by atoms with Crippen LogP contribution in [0.3, 0.4) is 0 Å². The Morgan fingerprint density at radius 2 is 2.00 bits per heavy atom. The molecule has 0 fully saturated rings. The van der Waals surface area contributed by atoms with E-state index < -0.39 is 0 Å². The highest BCUT2D eigenvalue weighted by Crippen LogP contribution is 2.26. The lowest BCUT2D eigenvalue weighted by atomic mass is 10.1. The molecule has 0 unspecified atom stereocenters. The van der Waals surface area contributed by atoms with Crippen molar-refractivity contribution in [3.63, 3.8) is 0 Å². The first-order chi connectivity index (χ1) is 5.47. The van der Waals surface area contributed by atoms with Crippen molar-refractivity contribution in [1.82, 2.24) is 0 Å². The topological polar surface area (TPSA) is 0 Å². The Kier molecular flexibility index (Phi) is 1.76. The summed E-state index contributed by atoms with van der Waals surface area (Å²) in [6.45, 7) is 0. The molecule has 0 heterocycles. The van der Waals surface area contributed by atoms with Crippen molar-refractivity contribution in [1.29, 1.82) is 0 Å². The van der Waals surface area contributed by atoms with Crippen molar-refractivity contribution in [2.75, 3.05) is 0 Å². The van der Waals surface area contributed by atoms with Crippen LogP contribution in [-0.2, 0) is 0 Å². The van der Waals surface area contributed by atoms with Crippen LogP contribution in [0, 0.1) is 6.07 Å². The molecule has 0 atom stereocenters. The molecule has 0 N–H and O–H groups in total. The Morgan fingerprint density at radius 1 is 1.18 bits per heavy atom. The third-order valence-electron chi connectivity index (χ3n) is 2.13. The van der Waals surface area contributed by atoms with Crippen LogP contribution < -0.4 is 0 Å². The highest BCUT2D eigenvalue weighted by Gasteiger charge is 2.04. The molecular weight excluding hydrogens is 132 g/mol. The summed E-state index contributed by atoms with van der Waals surface area (Å²) >= 11 is 0. The number of allylic oxidation sites excluding steroid dienone is 2. The van der Waals surface area contributed by atoms with Crippen molar-refractivity contribution in [2.24, 2.45) is 0 Å². The molecular formula is C11H11. The maximum absolute atomic E-state index is 3.03. The maximum atomic E-state index is 3.03. The molecule has 1 aliphatic rings. The van der Waals surface area contributed by atoms with Gasteiger partial charge in [0.15, 0.2) is 0 Å². The summed E-state index contributed by atoms with van der Waals surface area (Å²) in [6.07, 6.45) is 6.18. The molecule has 1 aromatic rings. The molecule has 0 bridgehead atoms. The van der Waals surface area contributed by atoms with E-state index in [-0.39, 0.29) is 0 Å². The van der Waals surface area contributed by atoms with Crippen LogP contribution in [-0.4, -0.2) is 0 Å². The summed E-state index contributed by atoms with van der Waals surface area (Å²) in [5, 5.41) is 0. The molecule has 0 saturated carbocycles. The van der Waals surface area contributed by atoms with Crippen molar-refractivity contribution < 1.29 is 0 Å². The average Bonchev–Trinajstić information content (AvgIpc) is 2.58. The molecule has 11 heavy (non-hydrogen) atoms. The Balaban J connectivity index is 2.29. The molecule has 0 nitrogen and oxygen atoms in total. The molecule has 0 aromatic heterocycles. The first kappa shape index (κ1) is 6.66. The fourth-order valence-electron chi connectivity index (χ4n) is 1.53. The fourth-order valence-corrected chi connectivity index (χ4v) is 1.53. The molecule has 1 aromatic carbocycles. The first-order valence-corrected chi connectivity index (χ1v) is 4.12. The minimum absolute atomic E-state index is 1.25. The van der Waals surface area contributed by atoms with Gasteiger partial charge >= 0.3 is 0 Å². The van der Waals surface area contributed by atoms with E-state index >= 15 is 0 Å². The van der Waals surface area contributed by atoms with Crippen LogP contribution in [0.1, 0.15) is 24.8 Å². The van der Waals surface area contributed by atoms with E-state index in [1.165, 1.54) is 30.4 Å². The quantitative estimate of drug-likeness (QED) is 0.566. The number of rotatable bonds is 1. The summed E-state index contributed by atoms with van der Waals surface area (Å²) in [7, 11) is 0. The molecule has 0 aliphatic heterocycles. The molecule has 0 spiro atoms. The second kappa shape index (κ2) is 2.91. The highest BCUT2D eigenvalue weighted by atomic mass is 14.1. The molecule has 0 amide bonds. The zero-order valence-corrected chi connectivity index (χ0v) is 6.51. The monoisotopic (exact) mass is 143 g/mol. The largest absolute Gasteiger partial charge is 0.0807 e. The molecule has 0 heteroatoms. The van der Waals surface area contributed by atoms with Gasteiger partial charge in [-0.2, -0.15) is 0 Å². The zero-order valence-electron chi connectivity index (χ0n) is 6.51. The van der Waals surface area contributed by atoms with Gasteiger partial charge in [0, 0.05) is 0 Å². The minimum atomic E-state index is 1.25. The van der Waals surface area contributed by atoms with E-state index in [0.717, 1.165) is 0 Å². The van der Waals surface area contributed by atoms with Crippen LogP contribution in [0.25, 0.3) is 5.57 Å². The normalized spacial score (nSPS) is 16.5. The summed E-state index contributed by atoms with van der Waals surface area (Å²) in [4.78, 5) is 0. The second-order valence-electron chi connectivity index (χ2n) is 2.91. The lowest BCUT2D eigenvalue weighted by molar-refractivity contribution is 0.935. The Morgan fingerprint density at radius 3 is 2.64 bits per heavy atom. The Hall–Kier alpha value is -1.04. The predicted molar refractivity (Wildman–Crippen MR) is 47.1 cm³/mol. The van der Waals surface area contributed by atoms with Gasteiger partial charge in [-0.15, -0.1) is 0 Å². The third-order valence-corrected chi connectivity index (χ3v) is 2.13. The molecule has 1 aliphatic carbocycles. The molecule has 55 valence electrons. The van der Waals surface area contributed by atoms with E-state index in [2.05, 4.69) is 24.3 Å². The van der Waals surface area contributed by atoms with E-state index in [9.17, 15) is 0 Å². The van der Waals surface area contributed by atoms with Gasteiger partial charge in [0.2, 0.25) is 0 Å². The third kappa shape index (κ3) is 1.35. The van der Waals surface area contributed by atoms with Crippen molar-refractivity contribution >= 4 is 5.57 Å². The van der Waals surface area contributed by atoms with Crippen molar-refractivity contribution in [3.05, 3.63) is 42.0 Å². The van der Waals surface area contributed by atoms with Crippen molar-refractivity contribution in [3.8, 4) is 0 Å². The van der Waals surface area contributed by atoms with Crippen LogP contribution in [0.2, 0.25) is 0 Å². The Labute approximate surface area is 67.6 Å². The van der Waals surface area contributed by atoms with E-state index in [0.29, 0.717) is 0 Å². The summed E-state index contributed by atoms with van der Waals surface area (Å²) in [6, 6.07) is 11.3. The van der Waals surface area contributed by atoms with Gasteiger partial charge in [0.05, 0.1) is 0 Å². The van der Waals surface area contributed by atoms with Crippen LogP contribution in [0.5, 0.6) is 0 Å². The minimum Gasteiger partial charge on any atom is -0.0807 e. The summed E-state index contributed by atoms with van der Waals surface area (Å²) in [5.74, 6) is 0. The molecule has 2 rings (SSSR count). The fraction of sp³-hybridized carbons (Fsp3) is 0.273. The zero-order chi connectivity index (χ0) is 7.52. The molecule has 1 radical (unpaired) electrons. The summed E-state index contributed by atoms with van der Waals surface area (Å²) < 4.78 is 0. The lowest BCUT2D eigenvalue weighted by Gasteiger charge is -1.99. The number of benzene rings is 1. The van der Waals surface area contributed by atoms with Crippen LogP contribution >= 0.6 is 0 Å². The van der Waals surface area contributed by atoms with Gasteiger partial charge in [-0.05, 0) is 36.5 Å². The van der Waals surface area contributed by atoms with Gasteiger partial charge in [0.25, 0.3) is 0 Å². The predicted octanol–water partition coefficient (Wildman–Crippen LogP) is 3.05. The van der Waals surface area contributed by atoms with E-state index in [4.69, 9.17) is 0 Å². The van der Waals surface area contributed by atoms with Crippen LogP contribution in [0.15, 0.2) is 30.3 Å². The number of hydrogen-bond acceptors (Lipinski definition) is 0. The first-order valence-electron chi connectivity index (χ1n) is 4.12. The maximum Gasteiger partial charge on any atom is -0.0184 e. The van der Waals surface area contributed by atoms with E-state index in [1.807, 2.05) is 12.1 Å². The van der Waals surface area contributed by atoms with Crippen LogP contribution in [0.4, 0.5) is 0 Å².